The van der Waals surface area contributed by atoms with Gasteiger partial charge < -0.3 is 20.0 Å². The highest BCUT2D eigenvalue weighted by Crippen LogP contribution is 2.46. The molecule has 2 aliphatic heterocycles. The number of aromatic carboxylic acids is 2. The van der Waals surface area contributed by atoms with E-state index in [0.717, 1.165) is 89.5 Å². The Morgan fingerprint density at radius 1 is 0.348 bits per heavy atom. The standard InChI is InChI=1S/C59H38BN5O4/c66-58(67)43-23-19-37(20-24-43)39-27-31-46(32-28-39)64-50-17-9-7-15-48(50)60-49-16-8-10-18-51(49)65(47-33-29-40(30-34-47)38-21-25-44(26-22-38)59(68)69)53-36-45(35-52(64)54(53)60)57-62-55(41-11-3-1-4-12-41)61-56(63-57)42-13-5-2-6-14-42/h1-36H,(H,66,67)(H,68,69). The minimum absolute atomic E-state index is 0.124. The fraction of sp³-hybridized carbons (Fsp3) is 0. The quantitative estimate of drug-likeness (QED) is 0.137. The third-order valence-corrected chi connectivity index (χ3v) is 13.0. The van der Waals surface area contributed by atoms with E-state index in [4.69, 9.17) is 15.0 Å². The van der Waals surface area contributed by atoms with Crippen LogP contribution in [0.3, 0.4) is 0 Å². The number of carboxylic acid groups (broad SMARTS) is 2. The topological polar surface area (TPSA) is 120 Å². The van der Waals surface area contributed by atoms with Gasteiger partial charge in [0.2, 0.25) is 0 Å². The summed E-state index contributed by atoms with van der Waals surface area (Å²) in [5.41, 5.74) is 16.2. The summed E-state index contributed by atoms with van der Waals surface area (Å²) < 4.78 is 0. The summed E-state index contributed by atoms with van der Waals surface area (Å²) in [6, 6.07) is 72.3. The van der Waals surface area contributed by atoms with Crippen LogP contribution in [-0.2, 0) is 0 Å². The number of hydrogen-bond acceptors (Lipinski definition) is 7. The molecular formula is C59H38BN5O4. The number of nitrogens with zero attached hydrogens (tertiary/aromatic N) is 5. The SMILES string of the molecule is O=C(O)c1ccc(-c2ccc(N3c4ccccc4B4c5ccccc5N(c5ccc(-c6ccc(C(=O)O)cc6)cc5)c5cc(-c6nc(-c7ccccc7)nc(-c7ccccc7)n6)cc3c54)cc2)cc1. The maximum absolute atomic E-state index is 11.6. The van der Waals surface area contributed by atoms with Crippen molar-refractivity contribution in [1.29, 1.82) is 0 Å². The Kier molecular flexibility index (Phi) is 9.99. The largest absolute Gasteiger partial charge is 0.478 e. The minimum Gasteiger partial charge on any atom is -0.478 e. The van der Waals surface area contributed by atoms with Gasteiger partial charge in [-0.15, -0.1) is 0 Å². The maximum Gasteiger partial charge on any atom is 0.335 e. The van der Waals surface area contributed by atoms with Gasteiger partial charge in [0.1, 0.15) is 0 Å². The predicted octanol–water partition coefficient (Wildman–Crippen LogP) is 11.7. The van der Waals surface area contributed by atoms with Gasteiger partial charge in [-0.25, -0.2) is 24.5 Å². The first-order chi connectivity index (χ1) is 33.9. The first-order valence-corrected chi connectivity index (χ1v) is 22.6. The van der Waals surface area contributed by atoms with Crippen LogP contribution in [0.2, 0.25) is 0 Å². The van der Waals surface area contributed by atoms with Crippen molar-refractivity contribution in [2.45, 2.75) is 0 Å². The molecule has 12 rings (SSSR count). The number of para-hydroxylation sites is 2. The summed E-state index contributed by atoms with van der Waals surface area (Å²) in [5.74, 6) is -0.273. The lowest BCUT2D eigenvalue weighted by Crippen LogP contribution is -2.61. The van der Waals surface area contributed by atoms with E-state index in [2.05, 4.69) is 119 Å². The van der Waals surface area contributed by atoms with Crippen molar-refractivity contribution in [3.8, 4) is 56.4 Å². The molecule has 0 radical (unpaired) electrons. The molecule has 9 nitrogen and oxygen atoms in total. The maximum atomic E-state index is 11.6. The number of benzene rings is 9. The molecule has 0 bridgehead atoms. The van der Waals surface area contributed by atoms with Crippen molar-refractivity contribution in [2.75, 3.05) is 9.80 Å². The zero-order valence-corrected chi connectivity index (χ0v) is 36.8. The molecule has 3 heterocycles. The second kappa shape index (κ2) is 16.8. The van der Waals surface area contributed by atoms with Crippen molar-refractivity contribution in [1.82, 2.24) is 15.0 Å². The van der Waals surface area contributed by atoms with Gasteiger partial charge in [-0.1, -0.05) is 146 Å². The Balaban J connectivity index is 1.09. The van der Waals surface area contributed by atoms with Crippen molar-refractivity contribution in [2.24, 2.45) is 0 Å². The summed E-state index contributed by atoms with van der Waals surface area (Å²) in [6.07, 6.45) is 0. The lowest BCUT2D eigenvalue weighted by molar-refractivity contribution is 0.0686. The summed E-state index contributed by atoms with van der Waals surface area (Å²) in [4.78, 5) is 43.5. The third-order valence-electron chi connectivity index (χ3n) is 13.0. The molecule has 0 saturated heterocycles. The molecule has 9 aromatic carbocycles. The van der Waals surface area contributed by atoms with Gasteiger partial charge in [0.05, 0.1) is 11.1 Å². The molecule has 0 aliphatic carbocycles. The first-order valence-electron chi connectivity index (χ1n) is 22.6. The normalized spacial score (nSPS) is 12.2. The molecule has 69 heavy (non-hydrogen) atoms. The number of aromatic nitrogens is 3. The van der Waals surface area contributed by atoms with E-state index >= 15 is 0 Å². The van der Waals surface area contributed by atoms with E-state index in [1.165, 1.54) is 0 Å². The van der Waals surface area contributed by atoms with Crippen molar-refractivity contribution in [3.63, 3.8) is 0 Å². The van der Waals surface area contributed by atoms with E-state index in [1.54, 1.807) is 24.3 Å². The van der Waals surface area contributed by atoms with Gasteiger partial charge >= 0.3 is 11.9 Å². The molecule has 0 amide bonds. The Bertz CT molecular complexity index is 3380. The molecule has 10 heteroatoms. The van der Waals surface area contributed by atoms with Crippen LogP contribution < -0.4 is 26.2 Å². The first kappa shape index (κ1) is 41.1. The molecule has 0 unspecified atom stereocenters. The van der Waals surface area contributed by atoms with Gasteiger partial charge in [-0.2, -0.15) is 0 Å². The molecule has 0 atom stereocenters. The summed E-state index contributed by atoms with van der Waals surface area (Å²) >= 11 is 0. The summed E-state index contributed by atoms with van der Waals surface area (Å²) in [6.45, 7) is -0.124. The van der Waals surface area contributed by atoms with E-state index in [0.29, 0.717) is 17.5 Å². The second-order valence-corrected chi connectivity index (χ2v) is 17.0. The van der Waals surface area contributed by atoms with E-state index < -0.39 is 11.9 Å². The van der Waals surface area contributed by atoms with Crippen LogP contribution in [0.15, 0.2) is 218 Å². The van der Waals surface area contributed by atoms with Crippen molar-refractivity contribution in [3.05, 3.63) is 230 Å². The second-order valence-electron chi connectivity index (χ2n) is 17.0. The molecule has 0 saturated carbocycles. The average molecular weight is 892 g/mol. The molecular weight excluding hydrogens is 853 g/mol. The highest BCUT2D eigenvalue weighted by Gasteiger charge is 2.43. The Morgan fingerprint density at radius 3 is 1.06 bits per heavy atom. The van der Waals surface area contributed by atoms with Gasteiger partial charge in [-0.3, -0.25) is 0 Å². The predicted molar refractivity (Wildman–Crippen MR) is 275 cm³/mol. The zero-order chi connectivity index (χ0) is 46.6. The van der Waals surface area contributed by atoms with E-state index in [1.807, 2.05) is 84.9 Å². The minimum atomic E-state index is -0.961. The average Bonchev–Trinajstić information content (AvgIpc) is 3.41. The molecule has 2 N–H and O–H groups in total. The number of rotatable bonds is 9. The zero-order valence-electron chi connectivity index (χ0n) is 36.8. The van der Waals surface area contributed by atoms with Gasteiger partial charge in [0, 0.05) is 50.8 Å². The van der Waals surface area contributed by atoms with Gasteiger partial charge in [0.15, 0.2) is 17.5 Å². The summed E-state index contributed by atoms with van der Waals surface area (Å²) in [7, 11) is 0. The van der Waals surface area contributed by atoms with Crippen LogP contribution in [0, 0.1) is 0 Å². The molecule has 1 aromatic heterocycles. The molecule has 0 spiro atoms. The van der Waals surface area contributed by atoms with E-state index in [9.17, 15) is 19.8 Å². The molecule has 326 valence electrons. The Labute approximate surface area is 398 Å². The fourth-order valence-corrected chi connectivity index (χ4v) is 9.74. The molecule has 2 aliphatic rings. The Morgan fingerprint density at radius 2 is 0.681 bits per heavy atom. The van der Waals surface area contributed by atoms with Gasteiger partial charge in [0.25, 0.3) is 6.71 Å². The van der Waals surface area contributed by atoms with Crippen molar-refractivity contribution >= 4 is 69.2 Å². The number of fused-ring (bicyclic) bond motifs is 4. The van der Waals surface area contributed by atoms with Crippen LogP contribution in [0.25, 0.3) is 56.4 Å². The van der Waals surface area contributed by atoms with Crippen LogP contribution in [0.5, 0.6) is 0 Å². The number of carboxylic acids is 2. The molecule has 0 fully saturated rings. The van der Waals surface area contributed by atoms with Crippen LogP contribution >= 0.6 is 0 Å². The van der Waals surface area contributed by atoms with Gasteiger partial charge in [-0.05, 0) is 111 Å². The fourth-order valence-electron chi connectivity index (χ4n) is 9.74. The number of anilines is 6. The third kappa shape index (κ3) is 7.28. The number of carbonyl (C=O) groups is 2. The van der Waals surface area contributed by atoms with E-state index in [-0.39, 0.29) is 17.8 Å². The number of hydrogen-bond donors (Lipinski definition) is 2. The lowest BCUT2D eigenvalue weighted by atomic mass is 9.33. The monoisotopic (exact) mass is 891 g/mol. The van der Waals surface area contributed by atoms with Crippen LogP contribution in [0.1, 0.15) is 20.7 Å². The lowest BCUT2D eigenvalue weighted by Gasteiger charge is -2.44. The molecule has 10 aromatic rings. The smallest absolute Gasteiger partial charge is 0.335 e. The Hall–Kier alpha value is -9.41. The highest BCUT2D eigenvalue weighted by molar-refractivity contribution is 7.00. The van der Waals surface area contributed by atoms with Crippen LogP contribution in [-0.4, -0.2) is 43.8 Å². The van der Waals surface area contributed by atoms with Crippen LogP contribution in [0.4, 0.5) is 34.1 Å². The summed E-state index contributed by atoms with van der Waals surface area (Å²) in [5, 5.41) is 19.1. The highest BCUT2D eigenvalue weighted by atomic mass is 16.4. The van der Waals surface area contributed by atoms with Crippen molar-refractivity contribution < 1.29 is 19.8 Å².